The maximum atomic E-state index is 10.7. The number of esters is 1. The van der Waals surface area contributed by atoms with Crippen molar-refractivity contribution >= 4 is 21.9 Å². The molecule has 0 saturated carbocycles. The molecule has 0 amide bonds. The van der Waals surface area contributed by atoms with E-state index < -0.39 is 0 Å². The number of hydrogen-bond donors (Lipinski definition) is 1. The molecule has 1 N–H and O–H groups in total. The molecule has 0 radical (unpaired) electrons. The Balaban J connectivity index is 3.36. The minimum absolute atomic E-state index is 0.308. The van der Waals surface area contributed by atoms with Gasteiger partial charge in [0.1, 0.15) is 4.83 Å². The summed E-state index contributed by atoms with van der Waals surface area (Å²) < 4.78 is 4.46. The Morgan fingerprint density at radius 1 is 1.73 bits per heavy atom. The van der Waals surface area contributed by atoms with Crippen molar-refractivity contribution in [2.24, 2.45) is 0 Å². The molecule has 0 fully saturated rings. The van der Waals surface area contributed by atoms with Gasteiger partial charge in [0.05, 0.1) is 13.7 Å². The average molecular weight is 226 g/mol. The normalized spacial score (nSPS) is 12.6. The Bertz CT molecular complexity index is 120. The van der Waals surface area contributed by atoms with E-state index in [9.17, 15) is 4.79 Å². The van der Waals surface area contributed by atoms with Crippen LogP contribution in [0.2, 0.25) is 0 Å². The maximum absolute atomic E-state index is 10.7. The van der Waals surface area contributed by atoms with Gasteiger partial charge >= 0.3 is 5.97 Å². The second-order valence-electron chi connectivity index (χ2n) is 1.77. The largest absolute Gasteiger partial charge is 0.468 e. The third-order valence-corrected chi connectivity index (χ3v) is 1.66. The van der Waals surface area contributed by atoms with Gasteiger partial charge in [-0.1, -0.05) is 15.9 Å². The maximum Gasteiger partial charge on any atom is 0.320 e. The molecule has 0 saturated heterocycles. The molecule has 0 aliphatic carbocycles. The lowest BCUT2D eigenvalue weighted by molar-refractivity contribution is -0.140. The molecule has 0 aromatic carbocycles. The third-order valence-electron chi connectivity index (χ3n) is 0.966. The van der Waals surface area contributed by atoms with Crippen LogP contribution in [-0.4, -0.2) is 31.1 Å². The molecule has 0 aromatic rings. The van der Waals surface area contributed by atoms with Crippen molar-refractivity contribution in [1.82, 2.24) is 5.48 Å². The fraction of sp³-hybridized carbons (Fsp3) is 0.833. The van der Waals surface area contributed by atoms with Gasteiger partial charge in [-0.3, -0.25) is 4.79 Å². The molecule has 4 nitrogen and oxygen atoms in total. The van der Waals surface area contributed by atoms with E-state index >= 15 is 0 Å². The summed E-state index contributed by atoms with van der Waals surface area (Å²) >= 11 is 3.12. The first-order chi connectivity index (χ1) is 5.22. The van der Waals surface area contributed by atoms with Gasteiger partial charge in [-0.2, -0.15) is 0 Å². The number of nitrogens with one attached hydrogen (secondary N) is 1. The van der Waals surface area contributed by atoms with Crippen LogP contribution in [0.1, 0.15) is 6.92 Å². The van der Waals surface area contributed by atoms with Gasteiger partial charge in [-0.05, 0) is 6.92 Å². The van der Waals surface area contributed by atoms with E-state index in [1.807, 2.05) is 6.92 Å². The lowest BCUT2D eigenvalue weighted by atomic mass is 10.4. The van der Waals surface area contributed by atoms with Crippen molar-refractivity contribution in [2.45, 2.75) is 11.8 Å². The molecule has 1 atom stereocenters. The number of methoxy groups -OCH3 is 1. The molecule has 0 aromatic heterocycles. The van der Waals surface area contributed by atoms with Crippen LogP contribution in [0, 0.1) is 0 Å². The van der Waals surface area contributed by atoms with Crippen LogP contribution in [-0.2, 0) is 14.4 Å². The molecular weight excluding hydrogens is 214 g/mol. The quantitative estimate of drug-likeness (QED) is 0.320. The smallest absolute Gasteiger partial charge is 0.320 e. The summed E-state index contributed by atoms with van der Waals surface area (Å²) in [7, 11) is 1.34. The average Bonchev–Trinajstić information content (AvgIpc) is 2.03. The van der Waals surface area contributed by atoms with Gasteiger partial charge in [0.25, 0.3) is 0 Å². The first kappa shape index (κ1) is 10.9. The molecule has 0 rings (SSSR count). The Morgan fingerprint density at radius 2 is 2.36 bits per heavy atom. The highest BCUT2D eigenvalue weighted by atomic mass is 79.9. The van der Waals surface area contributed by atoms with E-state index in [0.717, 1.165) is 0 Å². The minimum Gasteiger partial charge on any atom is -0.468 e. The van der Waals surface area contributed by atoms with Crippen molar-refractivity contribution in [3.63, 3.8) is 0 Å². The molecule has 0 spiro atoms. The van der Waals surface area contributed by atoms with Crippen LogP contribution in [0.5, 0.6) is 0 Å². The molecule has 11 heavy (non-hydrogen) atoms. The molecular formula is C6H12BrNO3. The summed E-state index contributed by atoms with van der Waals surface area (Å²) in [6.45, 7) is 2.83. The van der Waals surface area contributed by atoms with Crippen molar-refractivity contribution in [3.05, 3.63) is 0 Å². The number of carbonyl (C=O) groups is 1. The Hall–Kier alpha value is -0.130. The van der Waals surface area contributed by atoms with Crippen LogP contribution in [0.3, 0.4) is 0 Å². The number of hydrogen-bond acceptors (Lipinski definition) is 4. The number of carbonyl (C=O) groups excluding carboxylic acids is 1. The van der Waals surface area contributed by atoms with E-state index in [0.29, 0.717) is 13.2 Å². The topological polar surface area (TPSA) is 47.6 Å². The van der Waals surface area contributed by atoms with E-state index in [-0.39, 0.29) is 10.8 Å². The zero-order chi connectivity index (χ0) is 8.69. The van der Waals surface area contributed by atoms with Gasteiger partial charge in [0.2, 0.25) is 0 Å². The third kappa shape index (κ3) is 5.17. The highest BCUT2D eigenvalue weighted by Crippen LogP contribution is 1.99. The van der Waals surface area contributed by atoms with Crippen LogP contribution in [0.4, 0.5) is 0 Å². The minimum atomic E-state index is -0.348. The summed E-state index contributed by atoms with van der Waals surface area (Å²) in [4.78, 5) is 15.2. The monoisotopic (exact) mass is 225 g/mol. The van der Waals surface area contributed by atoms with Crippen molar-refractivity contribution < 1.29 is 14.4 Å². The van der Waals surface area contributed by atoms with Crippen molar-refractivity contribution in [2.75, 3.05) is 20.3 Å². The zero-order valence-corrected chi connectivity index (χ0v) is 8.18. The van der Waals surface area contributed by atoms with Crippen LogP contribution in [0.15, 0.2) is 0 Å². The standard InChI is InChI=1S/C6H12BrNO3/c1-3-11-8-4-5(7)6(9)10-2/h5,8H,3-4H2,1-2H3. The summed E-state index contributed by atoms with van der Waals surface area (Å²) in [6, 6.07) is 0. The van der Waals surface area contributed by atoms with Gasteiger partial charge in [-0.15, -0.1) is 0 Å². The van der Waals surface area contributed by atoms with E-state index in [2.05, 4.69) is 26.1 Å². The fourth-order valence-corrected chi connectivity index (χ4v) is 0.764. The number of hydroxylamine groups is 1. The highest BCUT2D eigenvalue weighted by Gasteiger charge is 2.13. The van der Waals surface area contributed by atoms with Gasteiger partial charge < -0.3 is 9.57 Å². The Morgan fingerprint density at radius 3 is 2.82 bits per heavy atom. The number of ether oxygens (including phenoxy) is 1. The van der Waals surface area contributed by atoms with E-state index in [1.54, 1.807) is 0 Å². The van der Waals surface area contributed by atoms with Crippen LogP contribution < -0.4 is 5.48 Å². The SMILES string of the molecule is CCONCC(Br)C(=O)OC. The van der Waals surface area contributed by atoms with Crippen LogP contribution in [0.25, 0.3) is 0 Å². The lowest BCUT2D eigenvalue weighted by Gasteiger charge is -2.07. The molecule has 0 bridgehead atoms. The first-order valence-electron chi connectivity index (χ1n) is 3.29. The number of alkyl halides is 1. The van der Waals surface area contributed by atoms with Crippen molar-refractivity contribution in [3.8, 4) is 0 Å². The second-order valence-corrected chi connectivity index (χ2v) is 2.88. The van der Waals surface area contributed by atoms with E-state index in [1.165, 1.54) is 7.11 Å². The van der Waals surface area contributed by atoms with Crippen molar-refractivity contribution in [1.29, 1.82) is 0 Å². The molecule has 0 heterocycles. The summed E-state index contributed by atoms with van der Waals surface area (Å²) in [5.74, 6) is -0.308. The lowest BCUT2D eigenvalue weighted by Crippen LogP contribution is -2.29. The van der Waals surface area contributed by atoms with Crippen LogP contribution >= 0.6 is 15.9 Å². The fourth-order valence-electron chi connectivity index (χ4n) is 0.445. The summed E-state index contributed by atoms with van der Waals surface area (Å²) in [5.41, 5.74) is 2.60. The number of halogens is 1. The Labute approximate surface area is 74.3 Å². The molecule has 66 valence electrons. The summed E-state index contributed by atoms with van der Waals surface area (Å²) in [5, 5.41) is 0. The number of rotatable bonds is 5. The second kappa shape index (κ2) is 6.57. The van der Waals surface area contributed by atoms with Gasteiger partial charge in [0, 0.05) is 6.54 Å². The predicted molar refractivity (Wildman–Crippen MR) is 44.4 cm³/mol. The molecule has 1 unspecified atom stereocenters. The molecule has 0 aliphatic rings. The zero-order valence-electron chi connectivity index (χ0n) is 6.59. The Kier molecular flexibility index (Phi) is 6.49. The summed E-state index contributed by atoms with van der Waals surface area (Å²) in [6.07, 6.45) is 0. The van der Waals surface area contributed by atoms with E-state index in [4.69, 9.17) is 4.84 Å². The molecule has 5 heteroatoms. The predicted octanol–water partition coefficient (Wildman–Crippen LogP) is 0.464. The first-order valence-corrected chi connectivity index (χ1v) is 4.20. The molecule has 0 aliphatic heterocycles. The van der Waals surface area contributed by atoms with Gasteiger partial charge in [0.15, 0.2) is 0 Å². The van der Waals surface area contributed by atoms with Gasteiger partial charge in [-0.25, -0.2) is 5.48 Å². The highest BCUT2D eigenvalue weighted by molar-refractivity contribution is 9.10.